The van der Waals surface area contributed by atoms with Gasteiger partial charge in [0.05, 0.1) is 5.60 Å². The van der Waals surface area contributed by atoms with Crippen molar-refractivity contribution in [1.82, 2.24) is 4.72 Å². The van der Waals surface area contributed by atoms with Gasteiger partial charge in [0.25, 0.3) is 10.0 Å². The van der Waals surface area contributed by atoms with Gasteiger partial charge in [-0.05, 0) is 50.4 Å². The first-order chi connectivity index (χ1) is 12.3. The number of aliphatic hydroxyl groups is 1. The van der Waals surface area contributed by atoms with Crippen LogP contribution in [0.3, 0.4) is 0 Å². The number of hydrogen-bond donors (Lipinski definition) is 3. The van der Waals surface area contributed by atoms with E-state index in [1.807, 2.05) is 0 Å². The van der Waals surface area contributed by atoms with Gasteiger partial charge < -0.3 is 5.11 Å². The van der Waals surface area contributed by atoms with Crippen LogP contribution >= 0.6 is 0 Å². The summed E-state index contributed by atoms with van der Waals surface area (Å²) in [5.41, 5.74) is -3.12. The molecule has 4 bridgehead atoms. The van der Waals surface area contributed by atoms with Crippen LogP contribution in [0.5, 0.6) is 0 Å². The lowest BCUT2D eigenvalue weighted by molar-refractivity contribution is -0.246. The molecule has 4 fully saturated rings. The SMILES string of the molecule is O=S(=O)(O)C(F)(F)C(F)(F)C(F)(F)S(=O)(=O)NC12CC3CC(CC(O)(C3)C1)C2. The first-order valence-corrected chi connectivity index (χ1v) is 11.1. The molecular formula is C13H17F6NO6S2. The Morgan fingerprint density at radius 3 is 1.71 bits per heavy atom. The van der Waals surface area contributed by atoms with Gasteiger partial charge in [0, 0.05) is 5.54 Å². The van der Waals surface area contributed by atoms with Crippen LogP contribution in [-0.2, 0) is 20.1 Å². The van der Waals surface area contributed by atoms with Crippen LogP contribution in [0, 0.1) is 11.8 Å². The zero-order valence-corrected chi connectivity index (χ0v) is 15.6. The highest BCUT2D eigenvalue weighted by Gasteiger charge is 2.82. The van der Waals surface area contributed by atoms with Crippen molar-refractivity contribution in [1.29, 1.82) is 0 Å². The molecule has 7 nitrogen and oxygen atoms in total. The fourth-order valence-electron chi connectivity index (χ4n) is 5.18. The van der Waals surface area contributed by atoms with Gasteiger partial charge in [-0.1, -0.05) is 0 Å². The Labute approximate surface area is 156 Å². The Hall–Kier alpha value is -0.640. The smallest absolute Gasteiger partial charge is 0.390 e. The minimum atomic E-state index is -7.06. The fourth-order valence-corrected chi connectivity index (χ4v) is 7.10. The molecule has 0 aromatic heterocycles. The third-order valence-corrected chi connectivity index (χ3v) is 8.31. The molecule has 2 atom stereocenters. The maximum absolute atomic E-state index is 14.1. The molecule has 0 aliphatic heterocycles. The van der Waals surface area contributed by atoms with Gasteiger partial charge in [-0.2, -0.15) is 34.8 Å². The first-order valence-electron chi connectivity index (χ1n) is 8.14. The topological polar surface area (TPSA) is 121 Å². The second-order valence-corrected chi connectivity index (χ2v) is 11.3. The lowest BCUT2D eigenvalue weighted by Gasteiger charge is -2.60. The molecule has 4 aliphatic rings. The largest absolute Gasteiger partial charge is 0.439 e. The minimum absolute atomic E-state index is 0.0542. The quantitative estimate of drug-likeness (QED) is 0.409. The van der Waals surface area contributed by atoms with E-state index in [1.54, 1.807) is 0 Å². The molecule has 0 aromatic rings. The van der Waals surface area contributed by atoms with Crippen LogP contribution in [0.4, 0.5) is 26.3 Å². The van der Waals surface area contributed by atoms with E-state index in [-0.39, 0.29) is 43.9 Å². The maximum atomic E-state index is 14.1. The highest BCUT2D eigenvalue weighted by atomic mass is 32.2. The van der Waals surface area contributed by atoms with Crippen molar-refractivity contribution in [3.05, 3.63) is 0 Å². The second-order valence-electron chi connectivity index (χ2n) is 8.15. The van der Waals surface area contributed by atoms with Crippen molar-refractivity contribution >= 4 is 20.1 Å². The summed E-state index contributed by atoms with van der Waals surface area (Å²) in [5, 5.41) is -2.88. The third-order valence-electron chi connectivity index (χ3n) is 5.77. The first kappa shape index (κ1) is 22.1. The maximum Gasteiger partial charge on any atom is 0.439 e. The predicted octanol–water partition coefficient (Wildman–Crippen LogP) is 1.70. The van der Waals surface area contributed by atoms with Gasteiger partial charge >= 0.3 is 26.5 Å². The summed E-state index contributed by atoms with van der Waals surface area (Å²) >= 11 is 0. The summed E-state index contributed by atoms with van der Waals surface area (Å²) in [6.07, 6.45) is 0.672. The van der Waals surface area contributed by atoms with Crippen LogP contribution in [0.15, 0.2) is 0 Å². The number of nitrogens with one attached hydrogen (secondary N) is 1. The van der Waals surface area contributed by atoms with E-state index in [9.17, 15) is 48.3 Å². The van der Waals surface area contributed by atoms with Crippen LogP contribution < -0.4 is 4.72 Å². The van der Waals surface area contributed by atoms with Crippen molar-refractivity contribution in [3.8, 4) is 0 Å². The predicted molar refractivity (Wildman–Crippen MR) is 80.8 cm³/mol. The number of hydrogen-bond acceptors (Lipinski definition) is 5. The molecule has 0 spiro atoms. The number of halogens is 6. The summed E-state index contributed by atoms with van der Waals surface area (Å²) in [6, 6.07) is 0. The van der Waals surface area contributed by atoms with Gasteiger partial charge in [0.15, 0.2) is 0 Å². The van der Waals surface area contributed by atoms with Crippen molar-refractivity contribution in [2.24, 2.45) is 11.8 Å². The molecule has 0 heterocycles. The van der Waals surface area contributed by atoms with Gasteiger partial charge in [-0.15, -0.1) is 0 Å². The molecule has 0 radical (unpaired) electrons. The molecule has 4 saturated carbocycles. The van der Waals surface area contributed by atoms with Gasteiger partial charge in [0.1, 0.15) is 0 Å². The van der Waals surface area contributed by atoms with E-state index in [0.717, 1.165) is 0 Å². The Morgan fingerprint density at radius 1 is 0.857 bits per heavy atom. The summed E-state index contributed by atoms with van der Waals surface area (Å²) in [5.74, 6) is -7.50. The van der Waals surface area contributed by atoms with E-state index >= 15 is 0 Å². The van der Waals surface area contributed by atoms with Gasteiger partial charge in [0.2, 0.25) is 0 Å². The van der Waals surface area contributed by atoms with Crippen molar-refractivity contribution in [3.63, 3.8) is 0 Å². The highest BCUT2D eigenvalue weighted by molar-refractivity contribution is 7.91. The van der Waals surface area contributed by atoms with Gasteiger partial charge in [-0.25, -0.2) is 13.1 Å². The molecule has 28 heavy (non-hydrogen) atoms. The Balaban J connectivity index is 1.96. The minimum Gasteiger partial charge on any atom is -0.390 e. The molecule has 0 saturated heterocycles. The van der Waals surface area contributed by atoms with Crippen molar-refractivity contribution < 1.29 is 52.8 Å². The van der Waals surface area contributed by atoms with E-state index in [0.29, 0.717) is 6.42 Å². The summed E-state index contributed by atoms with van der Waals surface area (Å²) in [4.78, 5) is 0. The average molecular weight is 461 g/mol. The molecular weight excluding hydrogens is 444 g/mol. The molecule has 2 unspecified atom stereocenters. The summed E-state index contributed by atoms with van der Waals surface area (Å²) < 4.78 is 137. The molecule has 0 aromatic carbocycles. The number of sulfonamides is 1. The van der Waals surface area contributed by atoms with E-state index in [4.69, 9.17) is 4.55 Å². The lowest BCUT2D eigenvalue weighted by atomic mass is 9.51. The lowest BCUT2D eigenvalue weighted by Crippen LogP contribution is -2.69. The molecule has 4 aliphatic carbocycles. The van der Waals surface area contributed by atoms with Crippen molar-refractivity contribution in [2.45, 2.75) is 66.1 Å². The molecule has 4 rings (SSSR count). The third kappa shape index (κ3) is 2.96. The van der Waals surface area contributed by atoms with Crippen molar-refractivity contribution in [2.75, 3.05) is 0 Å². The molecule has 164 valence electrons. The monoisotopic (exact) mass is 461 g/mol. The van der Waals surface area contributed by atoms with E-state index in [1.165, 1.54) is 4.72 Å². The van der Waals surface area contributed by atoms with Crippen LogP contribution in [0.2, 0.25) is 0 Å². The molecule has 15 heteroatoms. The zero-order valence-electron chi connectivity index (χ0n) is 14.0. The number of alkyl halides is 6. The van der Waals surface area contributed by atoms with Gasteiger partial charge in [-0.3, -0.25) is 4.55 Å². The van der Waals surface area contributed by atoms with Crippen LogP contribution in [-0.4, -0.2) is 54.1 Å². The second kappa shape index (κ2) is 5.74. The normalized spacial score (nSPS) is 36.7. The zero-order chi connectivity index (χ0) is 21.6. The Kier molecular flexibility index (Phi) is 4.52. The average Bonchev–Trinajstić information content (AvgIpc) is 2.41. The fraction of sp³-hybridized carbons (Fsp3) is 1.00. The van der Waals surface area contributed by atoms with E-state index < -0.39 is 47.7 Å². The number of rotatable bonds is 6. The Bertz CT molecular complexity index is 875. The summed E-state index contributed by atoms with van der Waals surface area (Å²) in [6.45, 7) is 0. The molecule has 0 amide bonds. The van der Waals surface area contributed by atoms with E-state index in [2.05, 4.69) is 0 Å². The van der Waals surface area contributed by atoms with Crippen LogP contribution in [0.1, 0.15) is 38.5 Å². The standard InChI is InChI=1S/C13H17F6NO6S2/c14-11(15,13(18,19)28(24,25)26)12(16,17)27(22,23)20-9-2-7-1-8(3-9)5-10(21,4-7)6-9/h7-8,20-21H,1-6H2,(H,24,25,26). The Morgan fingerprint density at radius 2 is 1.32 bits per heavy atom. The molecule has 3 N–H and O–H groups in total. The van der Waals surface area contributed by atoms with Crippen LogP contribution in [0.25, 0.3) is 0 Å². The summed E-state index contributed by atoms with van der Waals surface area (Å²) in [7, 11) is -13.6. The highest BCUT2D eigenvalue weighted by Crippen LogP contribution is 2.58.